The van der Waals surface area contributed by atoms with Gasteiger partial charge in [-0.25, -0.2) is 4.39 Å². The number of aryl methyl sites for hydroxylation is 1. The summed E-state index contributed by atoms with van der Waals surface area (Å²) < 4.78 is 17.6. The number of anilines is 4. The highest BCUT2D eigenvalue weighted by Gasteiger charge is 2.42. The van der Waals surface area contributed by atoms with Crippen molar-refractivity contribution in [1.29, 1.82) is 0 Å². The van der Waals surface area contributed by atoms with Crippen molar-refractivity contribution in [3.63, 3.8) is 0 Å². The monoisotopic (exact) mass is 519 g/mol. The Kier molecular flexibility index (Phi) is 5.51. The van der Waals surface area contributed by atoms with Crippen LogP contribution < -0.4 is 16.0 Å². The Labute approximate surface area is 218 Å². The standard InChI is InChI=1S/C26H30FN9S/c1-15-19-6-11-37-23(19)24(32-31-15)36-25(28)30-26(33-36)29-18-4-5-21(20(27)14-18)34-7-9-35(10-8-34)22-13-16-2-3-17(22)12-16/h4-6,11,14,16-17,22H,2-3,7-10,12-13H2,1H3,(H3,28,29,30,33). The van der Waals surface area contributed by atoms with Crippen molar-refractivity contribution in [2.75, 3.05) is 42.1 Å². The van der Waals surface area contributed by atoms with Crippen LogP contribution in [0.25, 0.3) is 15.9 Å². The normalized spacial score (nSPS) is 23.8. The van der Waals surface area contributed by atoms with E-state index in [1.54, 1.807) is 11.3 Å². The number of benzene rings is 1. The van der Waals surface area contributed by atoms with Crippen LogP contribution >= 0.6 is 11.3 Å². The largest absolute Gasteiger partial charge is 0.368 e. The fraction of sp³-hybridized carbons (Fsp3) is 0.462. The number of nitrogens with zero attached hydrogens (tertiary/aromatic N) is 7. The van der Waals surface area contributed by atoms with E-state index in [1.165, 1.54) is 36.4 Å². The number of piperazine rings is 1. The summed E-state index contributed by atoms with van der Waals surface area (Å²) in [5.41, 5.74) is 8.21. The van der Waals surface area contributed by atoms with Crippen LogP contribution in [0, 0.1) is 24.6 Å². The van der Waals surface area contributed by atoms with Gasteiger partial charge in [-0.05, 0) is 67.7 Å². The highest BCUT2D eigenvalue weighted by molar-refractivity contribution is 7.17. The first-order valence-electron chi connectivity index (χ1n) is 13.0. The molecule has 0 amide bonds. The van der Waals surface area contributed by atoms with Gasteiger partial charge in [0.15, 0.2) is 5.82 Å². The maximum absolute atomic E-state index is 15.2. The van der Waals surface area contributed by atoms with Gasteiger partial charge in [0.2, 0.25) is 11.9 Å². The maximum atomic E-state index is 15.2. The van der Waals surface area contributed by atoms with Gasteiger partial charge in [0, 0.05) is 43.3 Å². The van der Waals surface area contributed by atoms with E-state index in [0.29, 0.717) is 17.2 Å². The minimum Gasteiger partial charge on any atom is -0.368 e. The van der Waals surface area contributed by atoms with Crippen LogP contribution in [0.3, 0.4) is 0 Å². The molecule has 1 aliphatic heterocycles. The van der Waals surface area contributed by atoms with Gasteiger partial charge in [-0.3, -0.25) is 4.90 Å². The molecule has 4 heterocycles. The predicted octanol–water partition coefficient (Wildman–Crippen LogP) is 4.36. The summed E-state index contributed by atoms with van der Waals surface area (Å²) in [5.74, 6) is 2.56. The molecule has 11 heteroatoms. The average molecular weight is 520 g/mol. The molecule has 3 N–H and O–H groups in total. The number of aromatic nitrogens is 5. The summed E-state index contributed by atoms with van der Waals surface area (Å²) >= 11 is 1.55. The van der Waals surface area contributed by atoms with Crippen molar-refractivity contribution in [2.24, 2.45) is 11.8 Å². The topological polar surface area (TPSA) is 101 Å². The summed E-state index contributed by atoms with van der Waals surface area (Å²) in [6.07, 6.45) is 5.60. The Morgan fingerprint density at radius 1 is 1.08 bits per heavy atom. The molecular weight excluding hydrogens is 489 g/mol. The van der Waals surface area contributed by atoms with Gasteiger partial charge >= 0.3 is 0 Å². The van der Waals surface area contributed by atoms with Gasteiger partial charge in [0.25, 0.3) is 0 Å². The number of rotatable bonds is 5. The molecule has 2 bridgehead atoms. The first-order chi connectivity index (χ1) is 18.0. The lowest BCUT2D eigenvalue weighted by Crippen LogP contribution is -2.52. The van der Waals surface area contributed by atoms with Crippen LogP contribution in [-0.4, -0.2) is 62.1 Å². The number of nitrogen functional groups attached to an aromatic ring is 1. The molecule has 2 aliphatic carbocycles. The Bertz CT molecular complexity index is 1460. The molecule has 37 heavy (non-hydrogen) atoms. The molecule has 3 unspecified atom stereocenters. The second-order valence-corrected chi connectivity index (χ2v) is 11.5. The highest BCUT2D eigenvalue weighted by Crippen LogP contribution is 2.46. The molecule has 9 nitrogen and oxygen atoms in total. The highest BCUT2D eigenvalue weighted by atomic mass is 32.1. The van der Waals surface area contributed by atoms with Crippen molar-refractivity contribution in [1.82, 2.24) is 29.9 Å². The lowest BCUT2D eigenvalue weighted by Gasteiger charge is -2.41. The third-order valence-electron chi connectivity index (χ3n) is 8.41. The molecule has 192 valence electrons. The summed E-state index contributed by atoms with van der Waals surface area (Å²) in [7, 11) is 0. The molecule has 1 aromatic carbocycles. The van der Waals surface area contributed by atoms with Crippen LogP contribution in [-0.2, 0) is 0 Å². The average Bonchev–Trinajstić information content (AvgIpc) is 3.70. The minimum absolute atomic E-state index is 0.181. The van der Waals surface area contributed by atoms with Crippen LogP contribution in [0.2, 0.25) is 0 Å². The van der Waals surface area contributed by atoms with E-state index in [2.05, 4.69) is 35.4 Å². The molecule has 0 spiro atoms. The molecule has 1 saturated heterocycles. The third-order valence-corrected chi connectivity index (χ3v) is 9.32. The number of nitrogens with two attached hydrogens (primary N) is 1. The summed E-state index contributed by atoms with van der Waals surface area (Å²) in [5, 5.41) is 19.1. The molecule has 2 saturated carbocycles. The smallest absolute Gasteiger partial charge is 0.248 e. The molecule has 3 aliphatic rings. The first-order valence-corrected chi connectivity index (χ1v) is 13.9. The van der Waals surface area contributed by atoms with Gasteiger partial charge in [-0.2, -0.15) is 14.8 Å². The second kappa shape index (κ2) is 8.91. The van der Waals surface area contributed by atoms with Crippen LogP contribution in [0.1, 0.15) is 31.4 Å². The lowest BCUT2D eigenvalue weighted by atomic mass is 9.93. The zero-order valence-corrected chi connectivity index (χ0v) is 21.6. The number of fused-ring (bicyclic) bond motifs is 3. The van der Waals surface area contributed by atoms with Crippen LogP contribution in [0.4, 0.5) is 27.7 Å². The lowest BCUT2D eigenvalue weighted by molar-refractivity contribution is 0.134. The van der Waals surface area contributed by atoms with Crippen LogP contribution in [0.5, 0.6) is 0 Å². The molecule has 3 fully saturated rings. The van der Waals surface area contributed by atoms with Gasteiger partial charge in [-0.15, -0.1) is 21.5 Å². The maximum Gasteiger partial charge on any atom is 0.248 e. The minimum atomic E-state index is -0.254. The predicted molar refractivity (Wildman–Crippen MR) is 144 cm³/mol. The van der Waals surface area contributed by atoms with E-state index in [9.17, 15) is 0 Å². The van der Waals surface area contributed by atoms with E-state index in [1.807, 2.05) is 30.5 Å². The van der Waals surface area contributed by atoms with E-state index < -0.39 is 0 Å². The Morgan fingerprint density at radius 3 is 2.70 bits per heavy atom. The van der Waals surface area contributed by atoms with E-state index in [4.69, 9.17) is 5.73 Å². The molecule has 7 rings (SSSR count). The third kappa shape index (κ3) is 4.00. The molecule has 3 aromatic heterocycles. The fourth-order valence-electron chi connectivity index (χ4n) is 6.58. The quantitative estimate of drug-likeness (QED) is 0.401. The molecular formula is C26H30FN9S. The number of thiophene rings is 1. The Hall–Kier alpha value is -3.31. The van der Waals surface area contributed by atoms with Gasteiger partial charge in [0.1, 0.15) is 5.82 Å². The van der Waals surface area contributed by atoms with Crippen LogP contribution in [0.15, 0.2) is 29.6 Å². The molecule has 4 aromatic rings. The Morgan fingerprint density at radius 2 is 1.95 bits per heavy atom. The van der Waals surface area contributed by atoms with Crippen molar-refractivity contribution < 1.29 is 4.39 Å². The number of hydrogen-bond acceptors (Lipinski definition) is 9. The Balaban J connectivity index is 1.04. The number of hydrogen-bond donors (Lipinski definition) is 2. The number of nitrogens with one attached hydrogen (secondary N) is 1. The number of halogens is 1. The van der Waals surface area contributed by atoms with Crippen molar-refractivity contribution in [3.05, 3.63) is 41.2 Å². The van der Waals surface area contributed by atoms with E-state index in [0.717, 1.165) is 59.8 Å². The summed E-state index contributed by atoms with van der Waals surface area (Å²) in [4.78, 5) is 9.14. The van der Waals surface area contributed by atoms with Gasteiger partial charge < -0.3 is 16.0 Å². The van der Waals surface area contributed by atoms with E-state index >= 15 is 4.39 Å². The molecule has 0 radical (unpaired) electrons. The van der Waals surface area contributed by atoms with Crippen molar-refractivity contribution in [3.8, 4) is 5.82 Å². The van der Waals surface area contributed by atoms with Gasteiger partial charge in [-0.1, -0.05) is 6.42 Å². The van der Waals surface area contributed by atoms with Crippen molar-refractivity contribution in [2.45, 2.75) is 38.6 Å². The summed E-state index contributed by atoms with van der Waals surface area (Å²) in [6.45, 7) is 5.64. The second-order valence-electron chi connectivity index (χ2n) is 10.5. The van der Waals surface area contributed by atoms with E-state index in [-0.39, 0.29) is 17.7 Å². The first kappa shape index (κ1) is 22.9. The SMILES string of the molecule is Cc1nnc(-n2nc(Nc3ccc(N4CCN(C5CC6CCC5C6)CC4)c(F)c3)nc2N)c2sccc12. The van der Waals surface area contributed by atoms with Gasteiger partial charge in [0.05, 0.1) is 16.1 Å². The zero-order valence-electron chi connectivity index (χ0n) is 20.8. The summed E-state index contributed by atoms with van der Waals surface area (Å²) in [6, 6.07) is 7.95. The molecule has 3 atom stereocenters. The fourth-order valence-corrected chi connectivity index (χ4v) is 7.50. The zero-order chi connectivity index (χ0) is 25.1. The van der Waals surface area contributed by atoms with Crippen molar-refractivity contribution >= 4 is 44.7 Å².